The first-order valence-electron chi connectivity index (χ1n) is 8.48. The molecule has 1 aliphatic carbocycles. The van der Waals surface area contributed by atoms with E-state index in [0.29, 0.717) is 5.92 Å². The highest BCUT2D eigenvalue weighted by atomic mass is 16.2. The van der Waals surface area contributed by atoms with Crippen LogP contribution in [0.2, 0.25) is 0 Å². The number of carbonyl (C=O) groups is 2. The normalized spacial score (nSPS) is 18.4. The monoisotopic (exact) mass is 339 g/mol. The first-order valence-corrected chi connectivity index (χ1v) is 8.48. The summed E-state index contributed by atoms with van der Waals surface area (Å²) >= 11 is 0. The van der Waals surface area contributed by atoms with Crippen LogP contribution >= 0.6 is 0 Å². The van der Waals surface area contributed by atoms with Crippen molar-refractivity contribution in [3.63, 3.8) is 0 Å². The molecule has 0 radical (unpaired) electrons. The Morgan fingerprint density at radius 1 is 1.20 bits per heavy atom. The Morgan fingerprint density at radius 2 is 1.88 bits per heavy atom. The number of anilines is 1. The van der Waals surface area contributed by atoms with Gasteiger partial charge in [-0.15, -0.1) is 0 Å². The fraction of sp³-hybridized carbons (Fsp3) is 0.350. The Morgan fingerprint density at radius 3 is 2.56 bits per heavy atom. The standard InChI is InChI=1S/C20H25N3O2/c1-14(2)16-10-9-15(3)18(13-16)22-23-20(25)12-11-19(24)21-17-7-5-4-6-8-17/h4-9,16H,1,10-13H2,2-3H3,(H,21,24)(H,23,25)/b22-18+/t16-/m1/s1. The molecule has 0 unspecified atom stereocenters. The van der Waals surface area contributed by atoms with E-state index in [4.69, 9.17) is 0 Å². The molecule has 5 heteroatoms. The third kappa shape index (κ3) is 6.03. The molecule has 0 fully saturated rings. The maximum absolute atomic E-state index is 11.9. The summed E-state index contributed by atoms with van der Waals surface area (Å²) in [5.74, 6) is -0.0814. The topological polar surface area (TPSA) is 70.6 Å². The van der Waals surface area contributed by atoms with Gasteiger partial charge in [0.25, 0.3) is 0 Å². The van der Waals surface area contributed by atoms with Gasteiger partial charge in [0.1, 0.15) is 0 Å². The van der Waals surface area contributed by atoms with Crippen LogP contribution in [-0.4, -0.2) is 17.5 Å². The predicted octanol–water partition coefficient (Wildman–Crippen LogP) is 3.81. The smallest absolute Gasteiger partial charge is 0.240 e. The fourth-order valence-corrected chi connectivity index (χ4v) is 2.58. The van der Waals surface area contributed by atoms with E-state index in [1.54, 1.807) is 12.1 Å². The number of amides is 2. The number of benzene rings is 1. The van der Waals surface area contributed by atoms with Crippen LogP contribution in [0.25, 0.3) is 0 Å². The Kier molecular flexibility index (Phi) is 6.69. The van der Waals surface area contributed by atoms with Crippen molar-refractivity contribution in [3.8, 4) is 0 Å². The lowest BCUT2D eigenvalue weighted by atomic mass is 9.85. The van der Waals surface area contributed by atoms with Gasteiger partial charge in [-0.05, 0) is 50.3 Å². The SMILES string of the molecule is C=C(C)[C@@H]1CC=C(C)/C(=N/NC(=O)CCC(=O)Nc2ccccc2)C1. The lowest BCUT2D eigenvalue weighted by Gasteiger charge is -2.22. The summed E-state index contributed by atoms with van der Waals surface area (Å²) in [6.45, 7) is 8.01. The van der Waals surface area contributed by atoms with Crippen molar-refractivity contribution in [2.45, 2.75) is 39.5 Å². The van der Waals surface area contributed by atoms with Gasteiger partial charge >= 0.3 is 0 Å². The first kappa shape index (κ1) is 18.6. The Hall–Kier alpha value is -2.69. The van der Waals surface area contributed by atoms with Crippen LogP contribution in [0.15, 0.2) is 59.2 Å². The van der Waals surface area contributed by atoms with Crippen LogP contribution in [0.3, 0.4) is 0 Å². The molecule has 2 amide bonds. The molecule has 0 saturated carbocycles. The number of para-hydroxylation sites is 1. The highest BCUT2D eigenvalue weighted by molar-refractivity contribution is 6.01. The maximum Gasteiger partial charge on any atom is 0.240 e. The van der Waals surface area contributed by atoms with Gasteiger partial charge in [-0.25, -0.2) is 5.43 Å². The third-order valence-electron chi connectivity index (χ3n) is 4.25. The average molecular weight is 339 g/mol. The number of allylic oxidation sites excluding steroid dienone is 3. The van der Waals surface area contributed by atoms with Gasteiger partial charge < -0.3 is 5.32 Å². The maximum atomic E-state index is 11.9. The Balaban J connectivity index is 1.80. The highest BCUT2D eigenvalue weighted by Gasteiger charge is 2.18. The number of hydrazone groups is 1. The number of hydrogen-bond donors (Lipinski definition) is 2. The lowest BCUT2D eigenvalue weighted by molar-refractivity contribution is -0.124. The molecule has 5 nitrogen and oxygen atoms in total. The number of nitrogens with zero attached hydrogens (tertiary/aromatic N) is 1. The first-order chi connectivity index (χ1) is 12.0. The fourth-order valence-electron chi connectivity index (χ4n) is 2.58. The van der Waals surface area contributed by atoms with Crippen molar-refractivity contribution in [2.24, 2.45) is 11.0 Å². The molecular weight excluding hydrogens is 314 g/mol. The summed E-state index contributed by atoms with van der Waals surface area (Å²) in [6, 6.07) is 9.18. The minimum atomic E-state index is -0.263. The second kappa shape index (κ2) is 8.97. The zero-order chi connectivity index (χ0) is 18.2. The zero-order valence-electron chi connectivity index (χ0n) is 14.8. The van der Waals surface area contributed by atoms with Crippen molar-refractivity contribution < 1.29 is 9.59 Å². The van der Waals surface area contributed by atoms with Crippen LogP contribution in [0.4, 0.5) is 5.69 Å². The lowest BCUT2D eigenvalue weighted by Crippen LogP contribution is -2.24. The minimum Gasteiger partial charge on any atom is -0.326 e. The van der Waals surface area contributed by atoms with Crippen molar-refractivity contribution in [2.75, 3.05) is 5.32 Å². The third-order valence-corrected chi connectivity index (χ3v) is 4.25. The van der Waals surface area contributed by atoms with Gasteiger partial charge in [0.15, 0.2) is 0 Å². The molecule has 0 bridgehead atoms. The summed E-state index contributed by atoms with van der Waals surface area (Å²) in [7, 11) is 0. The molecule has 0 heterocycles. The van der Waals surface area contributed by atoms with Gasteiger partial charge in [0.05, 0.1) is 5.71 Å². The quantitative estimate of drug-likeness (QED) is 0.611. The molecule has 2 N–H and O–H groups in total. The molecule has 0 saturated heterocycles. The van der Waals surface area contributed by atoms with Crippen molar-refractivity contribution in [3.05, 3.63) is 54.1 Å². The van der Waals surface area contributed by atoms with Gasteiger partial charge in [-0.1, -0.05) is 36.4 Å². The average Bonchev–Trinajstić information content (AvgIpc) is 2.60. The van der Waals surface area contributed by atoms with Crippen molar-refractivity contribution in [1.29, 1.82) is 0 Å². The van der Waals surface area contributed by atoms with Crippen LogP contribution in [-0.2, 0) is 9.59 Å². The number of carbonyl (C=O) groups excluding carboxylic acids is 2. The summed E-state index contributed by atoms with van der Waals surface area (Å²) in [6.07, 6.45) is 4.10. The van der Waals surface area contributed by atoms with E-state index in [1.807, 2.05) is 32.0 Å². The van der Waals surface area contributed by atoms with E-state index in [9.17, 15) is 9.59 Å². The zero-order valence-corrected chi connectivity index (χ0v) is 14.8. The number of nitrogens with one attached hydrogen (secondary N) is 2. The summed E-state index contributed by atoms with van der Waals surface area (Å²) in [5, 5.41) is 6.99. The second-order valence-corrected chi connectivity index (χ2v) is 6.38. The largest absolute Gasteiger partial charge is 0.326 e. The molecular formula is C20H25N3O2. The number of hydrogen-bond acceptors (Lipinski definition) is 3. The minimum absolute atomic E-state index is 0.0993. The second-order valence-electron chi connectivity index (χ2n) is 6.38. The van der Waals surface area contributed by atoms with Gasteiger partial charge in [-0.2, -0.15) is 5.10 Å². The Labute approximate surface area is 148 Å². The summed E-state index contributed by atoms with van der Waals surface area (Å²) < 4.78 is 0. The predicted molar refractivity (Wildman–Crippen MR) is 101 cm³/mol. The molecule has 1 atom stereocenters. The van der Waals surface area contributed by atoms with E-state index >= 15 is 0 Å². The molecule has 132 valence electrons. The van der Waals surface area contributed by atoms with E-state index in [2.05, 4.69) is 28.5 Å². The molecule has 2 rings (SSSR count). The molecule has 0 aliphatic heterocycles. The van der Waals surface area contributed by atoms with Crippen molar-refractivity contribution in [1.82, 2.24) is 5.43 Å². The van der Waals surface area contributed by atoms with E-state index in [0.717, 1.165) is 35.4 Å². The molecule has 0 aromatic heterocycles. The molecule has 25 heavy (non-hydrogen) atoms. The van der Waals surface area contributed by atoms with Crippen LogP contribution in [0.1, 0.15) is 39.5 Å². The van der Waals surface area contributed by atoms with E-state index < -0.39 is 0 Å². The van der Waals surface area contributed by atoms with Gasteiger partial charge in [0, 0.05) is 18.5 Å². The molecule has 0 spiro atoms. The van der Waals surface area contributed by atoms with Gasteiger partial charge in [0.2, 0.25) is 11.8 Å². The molecule has 1 aromatic carbocycles. The van der Waals surface area contributed by atoms with E-state index in [1.165, 1.54) is 0 Å². The highest BCUT2D eigenvalue weighted by Crippen LogP contribution is 2.26. The van der Waals surface area contributed by atoms with Crippen LogP contribution < -0.4 is 10.7 Å². The summed E-state index contributed by atoms with van der Waals surface area (Å²) in [5.41, 5.74) is 6.37. The van der Waals surface area contributed by atoms with Crippen LogP contribution in [0, 0.1) is 5.92 Å². The van der Waals surface area contributed by atoms with Crippen molar-refractivity contribution >= 4 is 23.2 Å². The summed E-state index contributed by atoms with van der Waals surface area (Å²) in [4.78, 5) is 23.8. The van der Waals surface area contributed by atoms with Gasteiger partial charge in [-0.3, -0.25) is 9.59 Å². The van der Waals surface area contributed by atoms with Crippen LogP contribution in [0.5, 0.6) is 0 Å². The Bertz CT molecular complexity index is 705. The molecule has 1 aromatic rings. The molecule has 1 aliphatic rings. The van der Waals surface area contributed by atoms with E-state index in [-0.39, 0.29) is 24.7 Å². The number of rotatable bonds is 6.